The summed E-state index contributed by atoms with van der Waals surface area (Å²) in [4.78, 5) is 3.98. The van der Waals surface area contributed by atoms with Crippen LogP contribution in [-0.4, -0.2) is 37.1 Å². The molecule has 100 valence electrons. The van der Waals surface area contributed by atoms with E-state index in [4.69, 9.17) is 4.74 Å². The van der Waals surface area contributed by atoms with Crippen LogP contribution in [0.25, 0.3) is 0 Å². The zero-order valence-electron chi connectivity index (χ0n) is 10.5. The molecule has 2 atom stereocenters. The third-order valence-corrected chi connectivity index (χ3v) is 5.18. The lowest BCUT2D eigenvalue weighted by Crippen LogP contribution is -2.39. The van der Waals surface area contributed by atoms with E-state index in [1.54, 1.807) is 6.07 Å². The first-order valence-electron chi connectivity index (χ1n) is 5.78. The number of nitrogens with zero attached hydrogens (tertiary/aromatic N) is 1. The lowest BCUT2D eigenvalue weighted by atomic mass is 9.93. The summed E-state index contributed by atoms with van der Waals surface area (Å²) in [6.45, 7) is 0. The average Bonchev–Trinajstić information content (AvgIpc) is 2.73. The van der Waals surface area contributed by atoms with Crippen LogP contribution in [0.3, 0.4) is 0 Å². The quantitative estimate of drug-likeness (QED) is 0.883. The first-order chi connectivity index (χ1) is 8.38. The first-order valence-corrected chi connectivity index (χ1v) is 7.74. The van der Waals surface area contributed by atoms with Crippen molar-refractivity contribution in [2.24, 2.45) is 0 Å². The van der Waals surface area contributed by atoms with E-state index < -0.39 is 20.7 Å². The number of pyridine rings is 1. The molecule has 18 heavy (non-hydrogen) atoms. The maximum Gasteiger partial charge on any atom is 0.153 e. The molecule has 2 unspecified atom stereocenters. The number of hydrogen-bond donors (Lipinski definition) is 1. The van der Waals surface area contributed by atoms with Crippen LogP contribution in [-0.2, 0) is 15.4 Å². The molecule has 0 aliphatic heterocycles. The van der Waals surface area contributed by atoms with Crippen molar-refractivity contribution in [3.63, 3.8) is 0 Å². The Labute approximate surface area is 107 Å². The Morgan fingerprint density at radius 3 is 2.83 bits per heavy atom. The SMILES string of the molecule is COc1cncc(C2(O)CCCC2S(C)(=O)=O)c1. The van der Waals surface area contributed by atoms with Crippen molar-refractivity contribution < 1.29 is 18.3 Å². The molecule has 6 heteroatoms. The molecule has 0 aromatic carbocycles. The molecular formula is C12H17NO4S. The van der Waals surface area contributed by atoms with Gasteiger partial charge in [-0.15, -0.1) is 0 Å². The van der Waals surface area contributed by atoms with Crippen LogP contribution in [0.5, 0.6) is 5.75 Å². The van der Waals surface area contributed by atoms with Crippen LogP contribution < -0.4 is 4.74 Å². The number of aliphatic hydroxyl groups is 1. The van der Waals surface area contributed by atoms with Crippen molar-refractivity contribution in [3.05, 3.63) is 24.0 Å². The number of sulfone groups is 1. The van der Waals surface area contributed by atoms with Crippen LogP contribution in [0.2, 0.25) is 0 Å². The molecule has 1 N–H and O–H groups in total. The molecule has 1 aromatic rings. The fraction of sp³-hybridized carbons (Fsp3) is 0.583. The Morgan fingerprint density at radius 2 is 2.22 bits per heavy atom. The molecule has 1 aromatic heterocycles. The maximum atomic E-state index is 11.8. The first kappa shape index (κ1) is 13.3. The Bertz CT molecular complexity index is 543. The van der Waals surface area contributed by atoms with E-state index in [-0.39, 0.29) is 0 Å². The third kappa shape index (κ3) is 2.22. The van der Waals surface area contributed by atoms with Gasteiger partial charge in [0, 0.05) is 18.0 Å². The van der Waals surface area contributed by atoms with E-state index in [0.717, 1.165) is 0 Å². The van der Waals surface area contributed by atoms with Crippen molar-refractivity contribution >= 4 is 9.84 Å². The summed E-state index contributed by atoms with van der Waals surface area (Å²) in [6.07, 6.45) is 5.79. The summed E-state index contributed by atoms with van der Waals surface area (Å²) in [5, 5.41) is 9.94. The minimum Gasteiger partial charge on any atom is -0.495 e. The highest BCUT2D eigenvalue weighted by molar-refractivity contribution is 7.91. The van der Waals surface area contributed by atoms with Gasteiger partial charge in [-0.1, -0.05) is 0 Å². The highest BCUT2D eigenvalue weighted by Gasteiger charge is 2.48. The van der Waals surface area contributed by atoms with Crippen LogP contribution in [0.4, 0.5) is 0 Å². The molecule has 2 rings (SSSR count). The van der Waals surface area contributed by atoms with Gasteiger partial charge in [0.05, 0.1) is 18.6 Å². The number of rotatable bonds is 3. The van der Waals surface area contributed by atoms with Gasteiger partial charge in [-0.3, -0.25) is 4.98 Å². The van der Waals surface area contributed by atoms with Crippen molar-refractivity contribution in [1.29, 1.82) is 0 Å². The molecule has 1 heterocycles. The number of hydrogen-bond acceptors (Lipinski definition) is 5. The largest absolute Gasteiger partial charge is 0.495 e. The van der Waals surface area contributed by atoms with Crippen molar-refractivity contribution in [3.8, 4) is 5.75 Å². The minimum absolute atomic E-state index is 0.430. The topological polar surface area (TPSA) is 76.5 Å². The van der Waals surface area contributed by atoms with Crippen LogP contribution in [0.1, 0.15) is 24.8 Å². The summed E-state index contributed by atoms with van der Waals surface area (Å²) in [7, 11) is -1.79. The lowest BCUT2D eigenvalue weighted by Gasteiger charge is -2.29. The van der Waals surface area contributed by atoms with Gasteiger partial charge in [0.2, 0.25) is 0 Å². The predicted octanol–water partition coefficient (Wildman–Crippen LogP) is 0.875. The van der Waals surface area contributed by atoms with Gasteiger partial charge in [0.1, 0.15) is 11.4 Å². The molecule has 0 saturated heterocycles. The van der Waals surface area contributed by atoms with Gasteiger partial charge < -0.3 is 9.84 Å². The zero-order chi connectivity index (χ0) is 13.4. The highest BCUT2D eigenvalue weighted by Crippen LogP contribution is 2.42. The molecular weight excluding hydrogens is 254 g/mol. The van der Waals surface area contributed by atoms with Crippen LogP contribution >= 0.6 is 0 Å². The summed E-state index contributed by atoms with van der Waals surface area (Å²) in [6, 6.07) is 1.65. The second kappa shape index (κ2) is 4.51. The highest BCUT2D eigenvalue weighted by atomic mass is 32.2. The molecule has 1 aliphatic carbocycles. The third-order valence-electron chi connectivity index (χ3n) is 3.52. The fourth-order valence-corrected chi connectivity index (χ4v) is 4.18. The van der Waals surface area contributed by atoms with Gasteiger partial charge >= 0.3 is 0 Å². The van der Waals surface area contributed by atoms with Crippen molar-refractivity contribution in [1.82, 2.24) is 4.98 Å². The van der Waals surface area contributed by atoms with Gasteiger partial charge in [-0.2, -0.15) is 0 Å². The second-order valence-electron chi connectivity index (χ2n) is 4.75. The Morgan fingerprint density at radius 1 is 1.50 bits per heavy atom. The number of methoxy groups -OCH3 is 1. The fourth-order valence-electron chi connectivity index (χ4n) is 2.62. The summed E-state index contributed by atoms with van der Waals surface area (Å²) in [5.74, 6) is 0.514. The van der Waals surface area contributed by atoms with Crippen LogP contribution in [0.15, 0.2) is 18.5 Å². The summed E-state index contributed by atoms with van der Waals surface area (Å²) in [5.41, 5.74) is -0.843. The van der Waals surface area contributed by atoms with Gasteiger partial charge in [0.25, 0.3) is 0 Å². The van der Waals surface area contributed by atoms with Crippen molar-refractivity contribution in [2.75, 3.05) is 13.4 Å². The van der Waals surface area contributed by atoms with E-state index in [9.17, 15) is 13.5 Å². The predicted molar refractivity (Wildman–Crippen MR) is 67.2 cm³/mol. The van der Waals surface area contributed by atoms with E-state index >= 15 is 0 Å². The Hall–Kier alpha value is -1.14. The molecule has 0 radical (unpaired) electrons. The zero-order valence-corrected chi connectivity index (χ0v) is 11.3. The normalized spacial score (nSPS) is 28.3. The van der Waals surface area contributed by atoms with Crippen molar-refractivity contribution in [2.45, 2.75) is 30.1 Å². The molecule has 0 bridgehead atoms. The second-order valence-corrected chi connectivity index (χ2v) is 6.98. The Balaban J connectivity index is 2.46. The van der Waals surface area contributed by atoms with E-state index in [1.165, 1.54) is 25.8 Å². The van der Waals surface area contributed by atoms with Crippen LogP contribution in [0, 0.1) is 0 Å². The molecule has 1 saturated carbocycles. The van der Waals surface area contributed by atoms with E-state index in [0.29, 0.717) is 30.6 Å². The molecule has 5 nitrogen and oxygen atoms in total. The summed E-state index contributed by atoms with van der Waals surface area (Å²) >= 11 is 0. The van der Waals surface area contributed by atoms with Gasteiger partial charge in [-0.25, -0.2) is 8.42 Å². The number of aromatic nitrogens is 1. The Kier molecular flexibility index (Phi) is 3.33. The summed E-state index contributed by atoms with van der Waals surface area (Å²) < 4.78 is 28.6. The van der Waals surface area contributed by atoms with E-state index in [1.807, 2.05) is 0 Å². The average molecular weight is 271 g/mol. The maximum absolute atomic E-state index is 11.8. The van der Waals surface area contributed by atoms with Gasteiger partial charge in [-0.05, 0) is 25.3 Å². The lowest BCUT2D eigenvalue weighted by molar-refractivity contribution is 0.0471. The standard InChI is InChI=1S/C12H17NO4S/c1-17-10-6-9(7-13-8-10)12(14)5-3-4-11(12)18(2,15)16/h6-8,11,14H,3-5H2,1-2H3. The monoisotopic (exact) mass is 271 g/mol. The molecule has 0 amide bonds. The molecule has 1 fully saturated rings. The van der Waals surface area contributed by atoms with E-state index in [2.05, 4.69) is 4.98 Å². The smallest absolute Gasteiger partial charge is 0.153 e. The molecule has 0 spiro atoms. The van der Waals surface area contributed by atoms with Gasteiger partial charge in [0.15, 0.2) is 9.84 Å². The number of ether oxygens (including phenoxy) is 1. The molecule has 1 aliphatic rings. The minimum atomic E-state index is -3.30.